The summed E-state index contributed by atoms with van der Waals surface area (Å²) in [5.74, 6) is -0.332. The normalized spacial score (nSPS) is 11.5. The fourth-order valence-electron chi connectivity index (χ4n) is 0.549. The monoisotopic (exact) mass is 212 g/mol. The molecule has 84 valence electrons. The van der Waals surface area contributed by atoms with Crippen LogP contribution in [0.3, 0.4) is 0 Å². The van der Waals surface area contributed by atoms with E-state index in [0.717, 1.165) is 0 Å². The van der Waals surface area contributed by atoms with Crippen LogP contribution in [0.4, 0.5) is 0 Å². The lowest BCUT2D eigenvalue weighted by Crippen LogP contribution is -2.30. The van der Waals surface area contributed by atoms with Gasteiger partial charge in [-0.3, -0.25) is 10.8 Å². The fourth-order valence-corrected chi connectivity index (χ4v) is 0.549. The summed E-state index contributed by atoms with van der Waals surface area (Å²) in [5, 5.41) is 24.2. The number of guanidine groups is 2. The third-order valence-corrected chi connectivity index (χ3v) is 1.42. The number of nitrogens with one attached hydrogen (secondary N) is 2. The van der Waals surface area contributed by atoms with Crippen LogP contribution < -0.4 is 11.5 Å². The zero-order valence-corrected chi connectivity index (χ0v) is 9.02. The summed E-state index contributed by atoms with van der Waals surface area (Å²) < 4.78 is 0. The van der Waals surface area contributed by atoms with Crippen molar-refractivity contribution in [1.29, 1.82) is 10.8 Å². The Bertz CT molecular complexity index is 304. The van der Waals surface area contributed by atoms with E-state index >= 15 is 0 Å². The van der Waals surface area contributed by atoms with E-state index in [2.05, 4.69) is 10.2 Å². The van der Waals surface area contributed by atoms with Crippen LogP contribution in [0.5, 0.6) is 0 Å². The lowest BCUT2D eigenvalue weighted by atomic mass is 10.5. The van der Waals surface area contributed by atoms with Gasteiger partial charge in [0.25, 0.3) is 0 Å². The number of nitrogens with zero attached hydrogens (tertiary/aromatic N) is 4. The van der Waals surface area contributed by atoms with Gasteiger partial charge in [0, 0.05) is 14.1 Å². The Morgan fingerprint density at radius 3 is 2.00 bits per heavy atom. The molecule has 0 heterocycles. The molecular formula is C7H16N8. The molecule has 0 spiro atoms. The summed E-state index contributed by atoms with van der Waals surface area (Å²) in [5.41, 5.74) is 10.9. The van der Waals surface area contributed by atoms with Gasteiger partial charge in [-0.15, -0.1) is 0 Å². The SMILES string of the molecule is CC(/C=N/N(C)C(=N)N)=N\N(C)C(=N)N. The van der Waals surface area contributed by atoms with Crippen molar-refractivity contribution in [2.24, 2.45) is 21.7 Å². The van der Waals surface area contributed by atoms with E-state index in [1.165, 1.54) is 16.2 Å². The van der Waals surface area contributed by atoms with Gasteiger partial charge >= 0.3 is 0 Å². The largest absolute Gasteiger partial charge is 0.369 e. The number of hydrogen-bond acceptors (Lipinski definition) is 4. The lowest BCUT2D eigenvalue weighted by molar-refractivity contribution is 0.530. The molecule has 0 aliphatic heterocycles. The predicted octanol–water partition coefficient (Wildman–Crippen LogP) is -1.00. The molecule has 0 unspecified atom stereocenters. The first-order chi connectivity index (χ1) is 6.84. The van der Waals surface area contributed by atoms with Crippen molar-refractivity contribution >= 4 is 23.8 Å². The first kappa shape index (κ1) is 12.9. The molecule has 0 saturated heterocycles. The Hall–Kier alpha value is -2.12. The maximum atomic E-state index is 7.07. The Balaban J connectivity index is 4.41. The average molecular weight is 212 g/mol. The van der Waals surface area contributed by atoms with E-state index in [9.17, 15) is 0 Å². The predicted molar refractivity (Wildman–Crippen MR) is 61.0 cm³/mol. The summed E-state index contributed by atoms with van der Waals surface area (Å²) in [4.78, 5) is 0. The van der Waals surface area contributed by atoms with Crippen molar-refractivity contribution in [2.75, 3.05) is 14.1 Å². The topological polar surface area (TPSA) is 131 Å². The summed E-state index contributed by atoms with van der Waals surface area (Å²) in [7, 11) is 3.09. The highest BCUT2D eigenvalue weighted by Crippen LogP contribution is 1.85. The Morgan fingerprint density at radius 1 is 1.13 bits per heavy atom. The van der Waals surface area contributed by atoms with Crippen LogP contribution in [0.1, 0.15) is 6.92 Å². The fraction of sp³-hybridized carbons (Fsp3) is 0.429. The zero-order valence-electron chi connectivity index (χ0n) is 9.02. The first-order valence-corrected chi connectivity index (χ1v) is 4.09. The van der Waals surface area contributed by atoms with Crippen LogP contribution in [-0.4, -0.2) is 48.0 Å². The van der Waals surface area contributed by atoms with Crippen molar-refractivity contribution < 1.29 is 0 Å². The van der Waals surface area contributed by atoms with Gasteiger partial charge in [-0.25, -0.2) is 10.0 Å². The van der Waals surface area contributed by atoms with Gasteiger partial charge in [0.15, 0.2) is 0 Å². The molecule has 0 radical (unpaired) electrons. The molecular weight excluding hydrogens is 196 g/mol. The van der Waals surface area contributed by atoms with Gasteiger partial charge < -0.3 is 11.5 Å². The van der Waals surface area contributed by atoms with E-state index in [-0.39, 0.29) is 11.9 Å². The summed E-state index contributed by atoms with van der Waals surface area (Å²) >= 11 is 0. The van der Waals surface area contributed by atoms with Crippen LogP contribution in [0.2, 0.25) is 0 Å². The Kier molecular flexibility index (Phi) is 4.79. The van der Waals surface area contributed by atoms with Crippen LogP contribution in [0.25, 0.3) is 0 Å². The Labute approximate surface area is 88.2 Å². The molecule has 0 bridgehead atoms. The Morgan fingerprint density at radius 2 is 1.60 bits per heavy atom. The van der Waals surface area contributed by atoms with E-state index in [1.807, 2.05) is 0 Å². The van der Waals surface area contributed by atoms with Gasteiger partial charge in [0.1, 0.15) is 0 Å². The molecule has 0 fully saturated rings. The van der Waals surface area contributed by atoms with E-state index in [4.69, 9.17) is 22.3 Å². The van der Waals surface area contributed by atoms with Crippen molar-refractivity contribution in [2.45, 2.75) is 6.92 Å². The minimum atomic E-state index is -0.168. The van der Waals surface area contributed by atoms with E-state index < -0.39 is 0 Å². The van der Waals surface area contributed by atoms with E-state index in [1.54, 1.807) is 21.0 Å². The number of nitrogens with two attached hydrogens (primary N) is 2. The van der Waals surface area contributed by atoms with Crippen molar-refractivity contribution in [1.82, 2.24) is 10.0 Å². The molecule has 0 aromatic carbocycles. The van der Waals surface area contributed by atoms with Crippen LogP contribution >= 0.6 is 0 Å². The maximum absolute atomic E-state index is 7.07. The number of hydrazone groups is 2. The van der Waals surface area contributed by atoms with Crippen LogP contribution in [-0.2, 0) is 0 Å². The smallest absolute Gasteiger partial charge is 0.208 e. The van der Waals surface area contributed by atoms with Crippen LogP contribution in [0, 0.1) is 10.8 Å². The molecule has 0 aliphatic rings. The standard InChI is InChI=1S/C7H16N8/c1-5(13-15(3)7(10)11)4-12-14(2)6(8)9/h4H,1-3H3,(H3,8,9)(H3,10,11)/b12-4+,13-5+. The molecule has 15 heavy (non-hydrogen) atoms. The molecule has 0 aromatic heterocycles. The van der Waals surface area contributed by atoms with Crippen LogP contribution in [0.15, 0.2) is 10.2 Å². The zero-order chi connectivity index (χ0) is 12.0. The molecule has 8 heteroatoms. The maximum Gasteiger partial charge on any atom is 0.208 e. The molecule has 0 rings (SSSR count). The molecule has 8 nitrogen and oxygen atoms in total. The molecule has 0 aliphatic carbocycles. The lowest BCUT2D eigenvalue weighted by Gasteiger charge is -2.11. The van der Waals surface area contributed by atoms with Crippen molar-refractivity contribution in [3.8, 4) is 0 Å². The number of rotatable bonds is 3. The molecule has 0 saturated carbocycles. The van der Waals surface area contributed by atoms with Gasteiger partial charge in [0.05, 0.1) is 11.9 Å². The number of hydrogen-bond donors (Lipinski definition) is 4. The van der Waals surface area contributed by atoms with Gasteiger partial charge in [-0.2, -0.15) is 10.2 Å². The van der Waals surface area contributed by atoms with Crippen molar-refractivity contribution in [3.05, 3.63) is 0 Å². The molecule has 0 atom stereocenters. The molecule has 6 N–H and O–H groups in total. The van der Waals surface area contributed by atoms with Gasteiger partial charge in [-0.05, 0) is 6.92 Å². The minimum absolute atomic E-state index is 0.164. The summed E-state index contributed by atoms with van der Waals surface area (Å²) in [6, 6.07) is 0. The van der Waals surface area contributed by atoms with Gasteiger partial charge in [0.2, 0.25) is 11.9 Å². The highest BCUT2D eigenvalue weighted by molar-refractivity contribution is 6.29. The average Bonchev–Trinajstić information content (AvgIpc) is 2.13. The second kappa shape index (κ2) is 5.58. The highest BCUT2D eigenvalue weighted by Gasteiger charge is 1.97. The summed E-state index contributed by atoms with van der Waals surface area (Å²) in [6.45, 7) is 1.69. The van der Waals surface area contributed by atoms with E-state index in [0.29, 0.717) is 5.71 Å². The minimum Gasteiger partial charge on any atom is -0.369 e. The third-order valence-electron chi connectivity index (χ3n) is 1.42. The van der Waals surface area contributed by atoms with Crippen molar-refractivity contribution in [3.63, 3.8) is 0 Å². The quantitative estimate of drug-likeness (QED) is 0.271. The highest BCUT2D eigenvalue weighted by atomic mass is 15.5. The molecule has 0 amide bonds. The second-order valence-corrected chi connectivity index (χ2v) is 2.80. The second-order valence-electron chi connectivity index (χ2n) is 2.80. The first-order valence-electron chi connectivity index (χ1n) is 4.09. The summed E-state index contributed by atoms with van der Waals surface area (Å²) in [6.07, 6.45) is 1.42. The molecule has 0 aromatic rings. The van der Waals surface area contributed by atoms with Gasteiger partial charge in [-0.1, -0.05) is 0 Å². The third kappa shape index (κ3) is 5.24.